The van der Waals surface area contributed by atoms with Gasteiger partial charge in [0, 0.05) is 7.05 Å². The van der Waals surface area contributed by atoms with Crippen molar-refractivity contribution in [3.8, 4) is 0 Å². The van der Waals surface area contributed by atoms with Gasteiger partial charge in [-0.05, 0) is 18.8 Å². The molecule has 0 aliphatic rings. The summed E-state index contributed by atoms with van der Waals surface area (Å²) in [6.07, 6.45) is 8.35. The molecular weight excluding hydrogens is 306 g/mol. The average molecular weight is 341 g/mol. The van der Waals surface area contributed by atoms with Crippen LogP contribution in [0.2, 0.25) is 0 Å². The summed E-state index contributed by atoms with van der Waals surface area (Å²) >= 11 is 0. The number of carbonyl (C=O) groups excluding carboxylic acids is 2. The van der Waals surface area contributed by atoms with Crippen molar-refractivity contribution in [2.24, 2.45) is 5.92 Å². The molecule has 0 aliphatic carbocycles. The first-order valence-electron chi connectivity index (χ1n) is 9.11. The van der Waals surface area contributed by atoms with E-state index in [2.05, 4.69) is 13.5 Å². The van der Waals surface area contributed by atoms with E-state index in [0.29, 0.717) is 13.0 Å². The maximum Gasteiger partial charge on any atom is 0.410 e. The summed E-state index contributed by atoms with van der Waals surface area (Å²) < 4.78 is 10.4. The normalized spacial score (nSPS) is 11.9. The third-order valence-electron chi connectivity index (χ3n) is 3.79. The molecule has 0 aromatic carbocycles. The largest absolute Gasteiger partial charge is 0.464 e. The van der Waals surface area contributed by atoms with Crippen molar-refractivity contribution >= 4 is 12.1 Å². The zero-order valence-electron chi connectivity index (χ0n) is 15.9. The molecule has 24 heavy (non-hydrogen) atoms. The first kappa shape index (κ1) is 22.5. The van der Waals surface area contributed by atoms with Crippen LogP contribution in [0.4, 0.5) is 4.79 Å². The van der Waals surface area contributed by atoms with E-state index in [-0.39, 0.29) is 18.5 Å². The molecule has 0 aliphatic heterocycles. The number of hydrogen-bond donors (Lipinski definition) is 0. The number of amides is 1. The molecule has 0 spiro atoms. The third kappa shape index (κ3) is 10.3. The summed E-state index contributed by atoms with van der Waals surface area (Å²) in [6, 6.07) is -0.609. The summed E-state index contributed by atoms with van der Waals surface area (Å²) in [5, 5.41) is 0. The molecule has 1 unspecified atom stereocenters. The molecule has 0 bridgehead atoms. The van der Waals surface area contributed by atoms with E-state index in [0.717, 1.165) is 12.8 Å². The quantitative estimate of drug-likeness (QED) is 0.280. The number of carbonyl (C=O) groups is 2. The van der Waals surface area contributed by atoms with Crippen LogP contribution >= 0.6 is 0 Å². The van der Waals surface area contributed by atoms with Crippen LogP contribution in [0.5, 0.6) is 0 Å². The number of likely N-dealkylation sites (N-methyl/N-ethyl adjacent to an activating group) is 1. The summed E-state index contributed by atoms with van der Waals surface area (Å²) in [7, 11) is 1.57. The van der Waals surface area contributed by atoms with Crippen molar-refractivity contribution in [2.75, 3.05) is 20.3 Å². The summed E-state index contributed by atoms with van der Waals surface area (Å²) in [5.74, 6) is -0.0819. The SMILES string of the molecule is C=CCOC(=O)N(C)C(CC(C)C)C(=O)OCCCCCCCC. The number of rotatable bonds is 13. The first-order valence-corrected chi connectivity index (χ1v) is 9.11. The van der Waals surface area contributed by atoms with Gasteiger partial charge >= 0.3 is 12.1 Å². The van der Waals surface area contributed by atoms with Crippen molar-refractivity contribution in [3.63, 3.8) is 0 Å². The minimum absolute atomic E-state index is 0.129. The molecule has 0 N–H and O–H groups in total. The average Bonchev–Trinajstić information content (AvgIpc) is 2.55. The number of ether oxygens (including phenoxy) is 2. The van der Waals surface area contributed by atoms with Gasteiger partial charge in [0.1, 0.15) is 12.6 Å². The van der Waals surface area contributed by atoms with Crippen molar-refractivity contribution in [1.82, 2.24) is 4.90 Å². The summed E-state index contributed by atoms with van der Waals surface area (Å²) in [6.45, 7) is 10.3. The lowest BCUT2D eigenvalue weighted by molar-refractivity contribution is -0.149. The Labute approximate surface area is 147 Å². The summed E-state index contributed by atoms with van der Waals surface area (Å²) in [5.41, 5.74) is 0. The molecule has 0 saturated carbocycles. The lowest BCUT2D eigenvalue weighted by Gasteiger charge is -2.27. The van der Waals surface area contributed by atoms with Gasteiger partial charge in [0.2, 0.25) is 0 Å². The fourth-order valence-electron chi connectivity index (χ4n) is 2.37. The van der Waals surface area contributed by atoms with Gasteiger partial charge in [-0.15, -0.1) is 0 Å². The topological polar surface area (TPSA) is 55.8 Å². The molecular formula is C19H35NO4. The Hall–Kier alpha value is -1.52. The van der Waals surface area contributed by atoms with E-state index in [1.807, 2.05) is 13.8 Å². The molecule has 0 radical (unpaired) electrons. The third-order valence-corrected chi connectivity index (χ3v) is 3.79. The van der Waals surface area contributed by atoms with Gasteiger partial charge in [-0.25, -0.2) is 9.59 Å². The second kappa shape index (κ2) is 13.9. The van der Waals surface area contributed by atoms with Crippen LogP contribution < -0.4 is 0 Å². The highest BCUT2D eigenvalue weighted by Crippen LogP contribution is 2.14. The molecule has 1 atom stereocenters. The van der Waals surface area contributed by atoms with Crippen LogP contribution in [-0.4, -0.2) is 43.3 Å². The van der Waals surface area contributed by atoms with Crippen LogP contribution in [0.25, 0.3) is 0 Å². The summed E-state index contributed by atoms with van der Waals surface area (Å²) in [4.78, 5) is 25.6. The van der Waals surface area contributed by atoms with E-state index in [9.17, 15) is 9.59 Å². The lowest BCUT2D eigenvalue weighted by atomic mass is 10.0. The van der Waals surface area contributed by atoms with Gasteiger partial charge in [-0.3, -0.25) is 4.90 Å². The Kier molecular flexibility index (Phi) is 13.0. The van der Waals surface area contributed by atoms with Crippen LogP contribution in [0, 0.1) is 5.92 Å². The molecule has 0 fully saturated rings. The van der Waals surface area contributed by atoms with E-state index in [1.165, 1.54) is 36.7 Å². The first-order chi connectivity index (χ1) is 11.4. The second-order valence-electron chi connectivity index (χ2n) is 6.56. The van der Waals surface area contributed by atoms with Gasteiger partial charge in [0.25, 0.3) is 0 Å². The van der Waals surface area contributed by atoms with E-state index < -0.39 is 12.1 Å². The predicted octanol–water partition coefficient (Wildman–Crippen LogP) is 4.56. The predicted molar refractivity (Wildman–Crippen MR) is 96.9 cm³/mol. The Morgan fingerprint density at radius 1 is 1.08 bits per heavy atom. The van der Waals surface area contributed by atoms with Gasteiger partial charge in [-0.1, -0.05) is 65.5 Å². The molecule has 0 aromatic heterocycles. The maximum atomic E-state index is 12.3. The Balaban J connectivity index is 4.34. The number of hydrogen-bond acceptors (Lipinski definition) is 4. The van der Waals surface area contributed by atoms with E-state index in [4.69, 9.17) is 9.47 Å². The zero-order chi connectivity index (χ0) is 18.4. The number of nitrogens with zero attached hydrogens (tertiary/aromatic N) is 1. The van der Waals surface area contributed by atoms with Crippen LogP contribution in [0.3, 0.4) is 0 Å². The number of unbranched alkanes of at least 4 members (excludes halogenated alkanes) is 5. The molecule has 5 nitrogen and oxygen atoms in total. The van der Waals surface area contributed by atoms with Crippen molar-refractivity contribution in [3.05, 3.63) is 12.7 Å². The van der Waals surface area contributed by atoms with Crippen LogP contribution in [0.1, 0.15) is 65.7 Å². The van der Waals surface area contributed by atoms with Crippen molar-refractivity contribution < 1.29 is 19.1 Å². The second-order valence-corrected chi connectivity index (χ2v) is 6.56. The Morgan fingerprint density at radius 2 is 1.71 bits per heavy atom. The van der Waals surface area contributed by atoms with Crippen molar-refractivity contribution in [1.29, 1.82) is 0 Å². The Bertz CT molecular complexity index is 368. The molecule has 0 saturated heterocycles. The van der Waals surface area contributed by atoms with Gasteiger partial charge in [0.15, 0.2) is 0 Å². The van der Waals surface area contributed by atoms with E-state index in [1.54, 1.807) is 7.05 Å². The Morgan fingerprint density at radius 3 is 2.29 bits per heavy atom. The molecule has 0 aromatic rings. The molecule has 0 rings (SSSR count). The van der Waals surface area contributed by atoms with Gasteiger partial charge in [-0.2, -0.15) is 0 Å². The molecule has 1 amide bonds. The zero-order valence-corrected chi connectivity index (χ0v) is 15.9. The lowest BCUT2D eigenvalue weighted by Crippen LogP contribution is -2.44. The minimum atomic E-state index is -0.609. The molecule has 140 valence electrons. The molecule has 5 heteroatoms. The highest BCUT2D eigenvalue weighted by atomic mass is 16.6. The maximum absolute atomic E-state index is 12.3. The highest BCUT2D eigenvalue weighted by molar-refractivity contribution is 5.81. The van der Waals surface area contributed by atoms with Gasteiger partial charge < -0.3 is 9.47 Å². The number of esters is 1. The fourth-order valence-corrected chi connectivity index (χ4v) is 2.37. The fraction of sp³-hybridized carbons (Fsp3) is 0.789. The highest BCUT2D eigenvalue weighted by Gasteiger charge is 2.29. The van der Waals surface area contributed by atoms with Crippen LogP contribution in [-0.2, 0) is 14.3 Å². The minimum Gasteiger partial charge on any atom is -0.464 e. The monoisotopic (exact) mass is 341 g/mol. The smallest absolute Gasteiger partial charge is 0.410 e. The van der Waals surface area contributed by atoms with Crippen molar-refractivity contribution in [2.45, 2.75) is 71.8 Å². The van der Waals surface area contributed by atoms with Gasteiger partial charge in [0.05, 0.1) is 6.61 Å². The van der Waals surface area contributed by atoms with E-state index >= 15 is 0 Å². The standard InChI is InChI=1S/C19H35NO4/c1-6-8-9-10-11-12-14-23-18(21)17(15-16(3)4)20(5)19(22)24-13-7-2/h7,16-17H,2,6,8-15H2,1,3-5H3. The molecule has 0 heterocycles. The van der Waals surface area contributed by atoms with Crippen LogP contribution in [0.15, 0.2) is 12.7 Å².